The van der Waals surface area contributed by atoms with E-state index in [1.165, 1.54) is 5.56 Å². The summed E-state index contributed by atoms with van der Waals surface area (Å²) in [4.78, 5) is 39.8. The molecule has 1 aromatic rings. The lowest BCUT2D eigenvalue weighted by atomic mass is 10.1. The van der Waals surface area contributed by atoms with E-state index in [2.05, 4.69) is 12.1 Å². The van der Waals surface area contributed by atoms with Crippen LogP contribution in [-0.2, 0) is 19.1 Å². The molecule has 140 valence electrons. The molecule has 0 radical (unpaired) electrons. The second kappa shape index (κ2) is 8.34. The maximum atomic E-state index is 12.7. The van der Waals surface area contributed by atoms with Gasteiger partial charge in [0.05, 0.1) is 13.0 Å². The first-order valence-electron chi connectivity index (χ1n) is 9.37. The summed E-state index contributed by atoms with van der Waals surface area (Å²) in [6.07, 6.45) is 1.21. The van der Waals surface area contributed by atoms with Crippen LogP contribution in [0.25, 0.3) is 0 Å². The summed E-state index contributed by atoms with van der Waals surface area (Å²) in [5.41, 5.74) is 1.23. The highest BCUT2D eigenvalue weighted by Crippen LogP contribution is 2.48. The quantitative estimate of drug-likeness (QED) is 0.728. The van der Waals surface area contributed by atoms with E-state index in [9.17, 15) is 14.4 Å². The Labute approximate surface area is 154 Å². The molecule has 0 unspecified atom stereocenters. The minimum atomic E-state index is -0.338. The molecule has 0 aromatic heterocycles. The van der Waals surface area contributed by atoms with Crippen LogP contribution in [0.2, 0.25) is 0 Å². The van der Waals surface area contributed by atoms with Gasteiger partial charge >= 0.3 is 5.97 Å². The van der Waals surface area contributed by atoms with Gasteiger partial charge in [-0.25, -0.2) is 0 Å². The molecular formula is C20H26N2O4. The molecule has 1 saturated carbocycles. The number of esters is 1. The third kappa shape index (κ3) is 4.42. The number of piperazine rings is 1. The number of benzene rings is 1. The van der Waals surface area contributed by atoms with E-state index in [-0.39, 0.29) is 36.5 Å². The van der Waals surface area contributed by atoms with Gasteiger partial charge in [-0.05, 0) is 24.8 Å². The Kier molecular flexibility index (Phi) is 5.91. The molecule has 1 heterocycles. The largest absolute Gasteiger partial charge is 0.466 e. The Hall–Kier alpha value is -2.37. The lowest BCUT2D eigenvalue weighted by Crippen LogP contribution is -2.51. The van der Waals surface area contributed by atoms with Crippen molar-refractivity contribution in [3.63, 3.8) is 0 Å². The molecule has 0 bridgehead atoms. The monoisotopic (exact) mass is 358 g/mol. The van der Waals surface area contributed by atoms with Crippen molar-refractivity contribution in [3.05, 3.63) is 35.9 Å². The van der Waals surface area contributed by atoms with Crippen molar-refractivity contribution < 1.29 is 19.1 Å². The predicted molar refractivity (Wildman–Crippen MR) is 96.3 cm³/mol. The molecule has 3 rings (SSSR count). The van der Waals surface area contributed by atoms with Gasteiger partial charge in [-0.15, -0.1) is 0 Å². The fourth-order valence-electron chi connectivity index (χ4n) is 3.55. The highest BCUT2D eigenvalue weighted by Gasteiger charge is 2.46. The summed E-state index contributed by atoms with van der Waals surface area (Å²) in [6, 6.07) is 10.2. The SMILES string of the molecule is CCOC(=O)CCC(=O)N1CCN(C(=O)[C@H]2C[C@H]2c2ccccc2)CC1. The Morgan fingerprint density at radius 3 is 2.31 bits per heavy atom. The van der Waals surface area contributed by atoms with Crippen LogP contribution >= 0.6 is 0 Å². The first-order valence-corrected chi connectivity index (χ1v) is 9.37. The molecule has 6 heteroatoms. The van der Waals surface area contributed by atoms with Crippen LogP contribution in [0.15, 0.2) is 30.3 Å². The average Bonchev–Trinajstić information content (AvgIpc) is 3.47. The lowest BCUT2D eigenvalue weighted by Gasteiger charge is -2.35. The Bertz CT molecular complexity index is 653. The lowest BCUT2D eigenvalue weighted by molar-refractivity contribution is -0.146. The first kappa shape index (κ1) is 18.4. The standard InChI is InChI=1S/C20H26N2O4/c1-2-26-19(24)9-8-18(23)21-10-12-22(13-11-21)20(25)17-14-16(17)15-6-4-3-5-7-15/h3-7,16-17H,2,8-14H2,1H3/t16-,17-/m0/s1. The highest BCUT2D eigenvalue weighted by molar-refractivity contribution is 5.84. The third-order valence-electron chi connectivity index (χ3n) is 5.13. The van der Waals surface area contributed by atoms with Gasteiger partial charge in [0, 0.05) is 38.5 Å². The minimum absolute atomic E-state index is 0.0428. The summed E-state index contributed by atoms with van der Waals surface area (Å²) in [6.45, 7) is 4.30. The number of carbonyl (C=O) groups is 3. The third-order valence-corrected chi connectivity index (χ3v) is 5.13. The molecule has 0 spiro atoms. The zero-order valence-corrected chi connectivity index (χ0v) is 15.2. The number of nitrogens with zero attached hydrogens (tertiary/aromatic N) is 2. The van der Waals surface area contributed by atoms with E-state index in [1.54, 1.807) is 11.8 Å². The van der Waals surface area contributed by atoms with Crippen molar-refractivity contribution in [3.8, 4) is 0 Å². The van der Waals surface area contributed by atoms with Crippen LogP contribution in [0.5, 0.6) is 0 Å². The number of amides is 2. The van der Waals surface area contributed by atoms with Crippen LogP contribution in [0.4, 0.5) is 0 Å². The molecule has 1 aliphatic carbocycles. The fraction of sp³-hybridized carbons (Fsp3) is 0.550. The molecule has 6 nitrogen and oxygen atoms in total. The van der Waals surface area contributed by atoms with Crippen LogP contribution < -0.4 is 0 Å². The number of hydrogen-bond donors (Lipinski definition) is 0. The fourth-order valence-corrected chi connectivity index (χ4v) is 3.55. The van der Waals surface area contributed by atoms with E-state index >= 15 is 0 Å². The molecule has 2 atom stereocenters. The molecule has 2 fully saturated rings. The molecule has 2 aliphatic rings. The summed E-state index contributed by atoms with van der Waals surface area (Å²) < 4.78 is 4.85. The van der Waals surface area contributed by atoms with Gasteiger partial charge in [0.25, 0.3) is 0 Å². The summed E-state index contributed by atoms with van der Waals surface area (Å²) >= 11 is 0. The van der Waals surface area contributed by atoms with E-state index in [0.717, 1.165) is 6.42 Å². The summed E-state index contributed by atoms with van der Waals surface area (Å²) in [5.74, 6) is 0.253. The van der Waals surface area contributed by atoms with Crippen molar-refractivity contribution in [2.24, 2.45) is 5.92 Å². The van der Waals surface area contributed by atoms with Crippen LogP contribution in [0.1, 0.15) is 37.7 Å². The summed E-state index contributed by atoms with van der Waals surface area (Å²) in [7, 11) is 0. The topological polar surface area (TPSA) is 66.9 Å². The molecule has 26 heavy (non-hydrogen) atoms. The van der Waals surface area contributed by atoms with Gasteiger partial charge < -0.3 is 14.5 Å². The average molecular weight is 358 g/mol. The van der Waals surface area contributed by atoms with Gasteiger partial charge in [-0.1, -0.05) is 30.3 Å². The van der Waals surface area contributed by atoms with E-state index in [4.69, 9.17) is 4.74 Å². The first-order chi connectivity index (χ1) is 12.6. The van der Waals surface area contributed by atoms with Crippen LogP contribution in [-0.4, -0.2) is 60.4 Å². The Morgan fingerprint density at radius 1 is 1.00 bits per heavy atom. The molecule has 1 saturated heterocycles. The van der Waals surface area contributed by atoms with Gasteiger partial charge in [0.1, 0.15) is 0 Å². The number of hydrogen-bond acceptors (Lipinski definition) is 4. The predicted octanol–water partition coefficient (Wildman–Crippen LogP) is 1.80. The Balaban J connectivity index is 1.42. The van der Waals surface area contributed by atoms with Crippen molar-refractivity contribution in [1.82, 2.24) is 9.80 Å². The van der Waals surface area contributed by atoms with Crippen molar-refractivity contribution >= 4 is 17.8 Å². The summed E-state index contributed by atoms with van der Waals surface area (Å²) in [5, 5.41) is 0. The van der Waals surface area contributed by atoms with Gasteiger partial charge in [0.15, 0.2) is 0 Å². The smallest absolute Gasteiger partial charge is 0.306 e. The molecular weight excluding hydrogens is 332 g/mol. The number of ether oxygens (including phenoxy) is 1. The molecule has 1 aliphatic heterocycles. The maximum Gasteiger partial charge on any atom is 0.306 e. The van der Waals surface area contributed by atoms with Crippen LogP contribution in [0.3, 0.4) is 0 Å². The molecule has 2 amide bonds. The van der Waals surface area contributed by atoms with Crippen molar-refractivity contribution in [2.75, 3.05) is 32.8 Å². The second-order valence-electron chi connectivity index (χ2n) is 6.87. The van der Waals surface area contributed by atoms with E-state index in [0.29, 0.717) is 38.7 Å². The van der Waals surface area contributed by atoms with E-state index < -0.39 is 0 Å². The van der Waals surface area contributed by atoms with Gasteiger partial charge in [0.2, 0.25) is 11.8 Å². The number of carbonyl (C=O) groups excluding carboxylic acids is 3. The van der Waals surface area contributed by atoms with Crippen molar-refractivity contribution in [2.45, 2.75) is 32.1 Å². The van der Waals surface area contributed by atoms with Crippen molar-refractivity contribution in [1.29, 1.82) is 0 Å². The van der Waals surface area contributed by atoms with Gasteiger partial charge in [-0.2, -0.15) is 0 Å². The maximum absolute atomic E-state index is 12.7. The van der Waals surface area contributed by atoms with Crippen LogP contribution in [0, 0.1) is 5.92 Å². The Morgan fingerprint density at radius 2 is 1.65 bits per heavy atom. The van der Waals surface area contributed by atoms with Gasteiger partial charge in [-0.3, -0.25) is 14.4 Å². The zero-order valence-electron chi connectivity index (χ0n) is 15.2. The normalized spacial score (nSPS) is 22.0. The zero-order chi connectivity index (χ0) is 18.5. The molecule has 0 N–H and O–H groups in total. The highest BCUT2D eigenvalue weighted by atomic mass is 16.5. The minimum Gasteiger partial charge on any atom is -0.466 e. The second-order valence-corrected chi connectivity index (χ2v) is 6.87. The number of rotatable bonds is 6. The molecule has 1 aromatic carbocycles. The van der Waals surface area contributed by atoms with E-state index in [1.807, 2.05) is 23.1 Å².